The average molecular weight is 265 g/mol. The summed E-state index contributed by atoms with van der Waals surface area (Å²) in [5.41, 5.74) is 0.793. The second kappa shape index (κ2) is 6.06. The first-order valence-electron chi connectivity index (χ1n) is 6.81. The van der Waals surface area contributed by atoms with Crippen molar-refractivity contribution >= 4 is 5.96 Å². The van der Waals surface area contributed by atoms with E-state index in [0.717, 1.165) is 18.1 Å². The van der Waals surface area contributed by atoms with Gasteiger partial charge < -0.3 is 15.7 Å². The lowest BCUT2D eigenvalue weighted by Crippen LogP contribution is -2.39. The fourth-order valence-electron chi connectivity index (χ4n) is 1.91. The van der Waals surface area contributed by atoms with Crippen LogP contribution >= 0.6 is 0 Å². The van der Waals surface area contributed by atoms with Gasteiger partial charge in [0.05, 0.1) is 12.7 Å². The molecule has 6 nitrogen and oxygen atoms in total. The summed E-state index contributed by atoms with van der Waals surface area (Å²) in [5.74, 6) is 1.49. The SMILES string of the molecule is CCNC(=NCC(O)c1cnn(C)c1)NC1CC1C. The van der Waals surface area contributed by atoms with E-state index < -0.39 is 6.10 Å². The predicted molar refractivity (Wildman–Crippen MR) is 74.9 cm³/mol. The van der Waals surface area contributed by atoms with Gasteiger partial charge in [-0.15, -0.1) is 0 Å². The number of aryl methyl sites for hydroxylation is 1. The van der Waals surface area contributed by atoms with Gasteiger partial charge >= 0.3 is 0 Å². The zero-order chi connectivity index (χ0) is 13.8. The summed E-state index contributed by atoms with van der Waals surface area (Å²) in [4.78, 5) is 4.42. The Balaban J connectivity index is 1.89. The van der Waals surface area contributed by atoms with Gasteiger partial charge in [-0.1, -0.05) is 6.92 Å². The van der Waals surface area contributed by atoms with Gasteiger partial charge in [0.25, 0.3) is 0 Å². The summed E-state index contributed by atoms with van der Waals surface area (Å²) in [7, 11) is 1.83. The first-order valence-corrected chi connectivity index (χ1v) is 6.81. The molecule has 0 radical (unpaired) electrons. The highest BCUT2D eigenvalue weighted by atomic mass is 16.3. The largest absolute Gasteiger partial charge is 0.386 e. The van der Waals surface area contributed by atoms with Gasteiger partial charge in [-0.05, 0) is 19.3 Å². The fraction of sp³-hybridized carbons (Fsp3) is 0.692. The standard InChI is InChI=1S/C13H23N5O/c1-4-14-13(17-11-5-9(11)2)15-7-12(19)10-6-16-18(3)8-10/h6,8-9,11-12,19H,4-5,7H2,1-3H3,(H2,14,15,17). The monoisotopic (exact) mass is 265 g/mol. The molecule has 1 aromatic heterocycles. The number of rotatable bonds is 5. The summed E-state index contributed by atoms with van der Waals surface area (Å²) in [6, 6.07) is 0.522. The molecular weight excluding hydrogens is 242 g/mol. The third kappa shape index (κ3) is 3.96. The fourth-order valence-corrected chi connectivity index (χ4v) is 1.91. The van der Waals surface area contributed by atoms with E-state index in [1.807, 2.05) is 20.2 Å². The molecule has 0 spiro atoms. The van der Waals surface area contributed by atoms with Gasteiger partial charge in [0.2, 0.25) is 0 Å². The molecule has 3 atom stereocenters. The van der Waals surface area contributed by atoms with Crippen LogP contribution in [0.1, 0.15) is 31.9 Å². The Bertz CT molecular complexity index is 442. The first-order chi connectivity index (χ1) is 9.10. The highest BCUT2D eigenvalue weighted by Crippen LogP contribution is 2.28. The molecule has 1 aliphatic rings. The van der Waals surface area contributed by atoms with Gasteiger partial charge in [0, 0.05) is 31.4 Å². The molecular formula is C13H23N5O. The molecule has 3 unspecified atom stereocenters. The third-order valence-corrected chi connectivity index (χ3v) is 3.31. The minimum absolute atomic E-state index is 0.335. The molecule has 3 N–H and O–H groups in total. The highest BCUT2D eigenvalue weighted by Gasteiger charge is 2.33. The van der Waals surface area contributed by atoms with E-state index in [2.05, 4.69) is 27.6 Å². The molecule has 1 aromatic rings. The number of aliphatic hydroxyl groups excluding tert-OH is 1. The topological polar surface area (TPSA) is 74.5 Å². The molecule has 19 heavy (non-hydrogen) atoms. The third-order valence-electron chi connectivity index (χ3n) is 3.31. The van der Waals surface area contributed by atoms with E-state index in [-0.39, 0.29) is 0 Å². The average Bonchev–Trinajstić information content (AvgIpc) is 2.88. The number of nitrogens with one attached hydrogen (secondary N) is 2. The van der Waals surface area contributed by atoms with Crippen molar-refractivity contribution in [3.8, 4) is 0 Å². The Kier molecular flexibility index (Phi) is 4.42. The van der Waals surface area contributed by atoms with Gasteiger partial charge in [-0.2, -0.15) is 5.10 Å². The van der Waals surface area contributed by atoms with Crippen molar-refractivity contribution in [2.75, 3.05) is 13.1 Å². The Labute approximate surface area is 113 Å². The number of hydrogen-bond donors (Lipinski definition) is 3. The lowest BCUT2D eigenvalue weighted by molar-refractivity contribution is 0.187. The van der Waals surface area contributed by atoms with Crippen LogP contribution in [0.4, 0.5) is 0 Å². The normalized spacial score (nSPS) is 24.1. The van der Waals surface area contributed by atoms with Crippen molar-refractivity contribution in [1.29, 1.82) is 0 Å². The quantitative estimate of drug-likeness (QED) is 0.533. The van der Waals surface area contributed by atoms with Crippen molar-refractivity contribution in [2.24, 2.45) is 18.0 Å². The second-order valence-electron chi connectivity index (χ2n) is 5.15. The van der Waals surface area contributed by atoms with E-state index in [9.17, 15) is 5.11 Å². The van der Waals surface area contributed by atoms with Gasteiger partial charge in [0.15, 0.2) is 5.96 Å². The van der Waals surface area contributed by atoms with E-state index in [1.165, 1.54) is 6.42 Å². The van der Waals surface area contributed by atoms with E-state index >= 15 is 0 Å². The summed E-state index contributed by atoms with van der Waals surface area (Å²) in [6.45, 7) is 5.40. The van der Waals surface area contributed by atoms with Crippen LogP contribution in [0.3, 0.4) is 0 Å². The Morgan fingerprint density at radius 2 is 2.42 bits per heavy atom. The van der Waals surface area contributed by atoms with Gasteiger partial charge in [0.1, 0.15) is 6.10 Å². The molecule has 0 amide bonds. The van der Waals surface area contributed by atoms with E-state index in [4.69, 9.17) is 0 Å². The number of hydrogen-bond acceptors (Lipinski definition) is 3. The minimum Gasteiger partial charge on any atom is -0.386 e. The van der Waals surface area contributed by atoms with Crippen LogP contribution in [0.2, 0.25) is 0 Å². The minimum atomic E-state index is -0.610. The first kappa shape index (κ1) is 13.9. The number of guanidine groups is 1. The van der Waals surface area contributed by atoms with E-state index in [0.29, 0.717) is 18.5 Å². The lowest BCUT2D eigenvalue weighted by Gasteiger charge is -2.12. The van der Waals surface area contributed by atoms with Gasteiger partial charge in [-0.3, -0.25) is 9.67 Å². The van der Waals surface area contributed by atoms with Crippen LogP contribution in [0, 0.1) is 5.92 Å². The van der Waals surface area contributed by atoms with Crippen LogP contribution in [0.15, 0.2) is 17.4 Å². The second-order valence-corrected chi connectivity index (χ2v) is 5.15. The molecule has 106 valence electrons. The van der Waals surface area contributed by atoms with Crippen LogP contribution < -0.4 is 10.6 Å². The van der Waals surface area contributed by atoms with Crippen LogP contribution in [0.5, 0.6) is 0 Å². The van der Waals surface area contributed by atoms with Crippen LogP contribution in [0.25, 0.3) is 0 Å². The zero-order valence-corrected chi connectivity index (χ0v) is 11.8. The molecule has 0 aromatic carbocycles. The smallest absolute Gasteiger partial charge is 0.191 e. The number of aliphatic imine (C=N–C) groups is 1. The molecule has 0 saturated heterocycles. The van der Waals surface area contributed by atoms with E-state index in [1.54, 1.807) is 10.9 Å². The number of nitrogens with zero attached hydrogens (tertiary/aromatic N) is 3. The Morgan fingerprint density at radius 1 is 1.68 bits per heavy atom. The van der Waals surface area contributed by atoms with Crippen LogP contribution in [-0.2, 0) is 7.05 Å². The Hall–Kier alpha value is -1.56. The van der Waals surface area contributed by atoms with Crippen molar-refractivity contribution in [2.45, 2.75) is 32.4 Å². The molecule has 6 heteroatoms. The molecule has 0 bridgehead atoms. The van der Waals surface area contributed by atoms with Crippen LogP contribution in [-0.4, -0.2) is 40.0 Å². The predicted octanol–water partition coefficient (Wildman–Crippen LogP) is 0.417. The maximum absolute atomic E-state index is 10.0. The summed E-state index contributed by atoms with van der Waals surface area (Å²) in [5, 5.41) is 20.6. The Morgan fingerprint density at radius 3 is 2.95 bits per heavy atom. The highest BCUT2D eigenvalue weighted by molar-refractivity contribution is 5.80. The maximum atomic E-state index is 10.0. The molecule has 1 heterocycles. The lowest BCUT2D eigenvalue weighted by atomic mass is 10.2. The number of aromatic nitrogens is 2. The van der Waals surface area contributed by atoms with Crippen molar-refractivity contribution in [3.05, 3.63) is 18.0 Å². The van der Waals surface area contributed by atoms with Crippen molar-refractivity contribution in [3.63, 3.8) is 0 Å². The summed E-state index contributed by atoms with van der Waals surface area (Å²) in [6.07, 6.45) is 4.06. The molecule has 0 aliphatic heterocycles. The van der Waals surface area contributed by atoms with Gasteiger partial charge in [-0.25, -0.2) is 0 Å². The maximum Gasteiger partial charge on any atom is 0.191 e. The molecule has 1 fully saturated rings. The molecule has 1 saturated carbocycles. The summed E-state index contributed by atoms with van der Waals surface area (Å²) >= 11 is 0. The zero-order valence-electron chi connectivity index (χ0n) is 11.8. The number of aliphatic hydroxyl groups is 1. The summed E-state index contributed by atoms with van der Waals surface area (Å²) < 4.78 is 1.68. The molecule has 2 rings (SSSR count). The molecule has 1 aliphatic carbocycles. The van der Waals surface area contributed by atoms with Crippen molar-refractivity contribution < 1.29 is 5.11 Å². The van der Waals surface area contributed by atoms with Crippen molar-refractivity contribution in [1.82, 2.24) is 20.4 Å².